The van der Waals surface area contributed by atoms with Crippen molar-refractivity contribution in [3.63, 3.8) is 0 Å². The number of carboxylic acids is 1. The summed E-state index contributed by atoms with van der Waals surface area (Å²) in [6, 6.07) is 0. The molecule has 2 bridgehead atoms. The monoisotopic (exact) mass is 368 g/mol. The van der Waals surface area contributed by atoms with Crippen molar-refractivity contribution in [2.45, 2.75) is 82.7 Å². The van der Waals surface area contributed by atoms with Gasteiger partial charge >= 0.3 is 5.97 Å². The van der Waals surface area contributed by atoms with Crippen molar-refractivity contribution in [2.24, 2.45) is 11.8 Å². The third-order valence-electron chi connectivity index (χ3n) is 5.71. The Labute approximate surface area is 155 Å². The molecule has 3 fully saturated rings. The molecule has 4 nitrogen and oxygen atoms in total. The molecule has 0 amide bonds. The fraction of sp³-hybridized carbons (Fsp3) is 0.850. The molecule has 0 radical (unpaired) electrons. The van der Waals surface area contributed by atoms with Crippen LogP contribution in [0.4, 0.5) is 0 Å². The van der Waals surface area contributed by atoms with E-state index in [1.165, 1.54) is 37.2 Å². The van der Waals surface area contributed by atoms with Crippen LogP contribution < -0.4 is 0 Å². The summed E-state index contributed by atoms with van der Waals surface area (Å²) < 4.78 is 12.0. The highest BCUT2D eigenvalue weighted by atomic mass is 32.2. The first kappa shape index (κ1) is 19.2. The van der Waals surface area contributed by atoms with Crippen LogP contribution in [0.1, 0.15) is 58.3 Å². The van der Waals surface area contributed by atoms with E-state index in [4.69, 9.17) is 14.6 Å². The average molecular weight is 369 g/mol. The first-order valence-electron chi connectivity index (χ1n) is 9.97. The number of aliphatic carboxylic acids is 1. The number of fused-ring (bicyclic) bond motifs is 5. The van der Waals surface area contributed by atoms with Gasteiger partial charge in [-0.25, -0.2) is 0 Å². The minimum atomic E-state index is -0.706. The summed E-state index contributed by atoms with van der Waals surface area (Å²) in [7, 11) is 0. The number of hydrogen-bond acceptors (Lipinski definition) is 4. The number of ether oxygens (including phenoxy) is 2. The van der Waals surface area contributed by atoms with Crippen molar-refractivity contribution < 1.29 is 19.4 Å². The third kappa shape index (κ3) is 5.01. The SMILES string of the molecule is CCCCCCSC[C@@H]1[C@H](CC=CCCCC(=O)O)[C@H]2O[C@@H]1[C@H]1O[C@H]12. The van der Waals surface area contributed by atoms with Gasteiger partial charge in [-0.2, -0.15) is 11.8 Å². The second-order valence-electron chi connectivity index (χ2n) is 7.59. The average Bonchev–Trinajstić information content (AvgIpc) is 3.22. The lowest BCUT2D eigenvalue weighted by Crippen LogP contribution is -2.34. The zero-order valence-electron chi connectivity index (χ0n) is 15.3. The minimum Gasteiger partial charge on any atom is -0.481 e. The number of thioether (sulfide) groups is 1. The molecule has 0 aromatic carbocycles. The fourth-order valence-electron chi connectivity index (χ4n) is 4.30. The molecular formula is C20H32O4S. The van der Waals surface area contributed by atoms with Crippen LogP contribution in [0.25, 0.3) is 0 Å². The highest BCUT2D eigenvalue weighted by Crippen LogP contribution is 2.55. The Kier molecular flexibility index (Phi) is 7.26. The van der Waals surface area contributed by atoms with Crippen molar-refractivity contribution in [3.05, 3.63) is 12.2 Å². The number of hydrogen-bond donors (Lipinski definition) is 1. The predicted molar refractivity (Wildman–Crippen MR) is 101 cm³/mol. The topological polar surface area (TPSA) is 59.1 Å². The van der Waals surface area contributed by atoms with Gasteiger partial charge in [0.25, 0.3) is 0 Å². The maximum atomic E-state index is 10.5. The standard InChI is InChI=1S/C20H32O4S/c1-2-3-4-9-12-25-13-15-14(10-7-5-6-8-11-16(21)22)17-19-20(24-19)18(15)23-17/h5,7,14-15,17-20H,2-4,6,8-13H2,1H3,(H,21,22)/t14-,15+,17+,18-,19-,20+/m0/s1. The van der Waals surface area contributed by atoms with Gasteiger partial charge < -0.3 is 14.6 Å². The van der Waals surface area contributed by atoms with Gasteiger partial charge in [-0.3, -0.25) is 4.79 Å². The zero-order valence-corrected chi connectivity index (χ0v) is 16.1. The van der Waals surface area contributed by atoms with Gasteiger partial charge in [-0.1, -0.05) is 38.3 Å². The van der Waals surface area contributed by atoms with Crippen molar-refractivity contribution in [3.8, 4) is 0 Å². The van der Waals surface area contributed by atoms with E-state index in [0.717, 1.165) is 19.3 Å². The number of epoxide rings is 1. The van der Waals surface area contributed by atoms with Gasteiger partial charge in [0.15, 0.2) is 0 Å². The zero-order chi connectivity index (χ0) is 17.6. The van der Waals surface area contributed by atoms with Crippen LogP contribution in [0.2, 0.25) is 0 Å². The van der Waals surface area contributed by atoms with Crippen LogP contribution in [-0.2, 0) is 14.3 Å². The van der Waals surface area contributed by atoms with Crippen LogP contribution in [0.5, 0.6) is 0 Å². The Morgan fingerprint density at radius 3 is 2.52 bits per heavy atom. The summed E-state index contributed by atoms with van der Waals surface area (Å²) in [5.41, 5.74) is 0. The molecule has 3 rings (SSSR count). The number of carboxylic acid groups (broad SMARTS) is 1. The van der Waals surface area contributed by atoms with Crippen molar-refractivity contribution in [1.82, 2.24) is 0 Å². The lowest BCUT2D eigenvalue weighted by Gasteiger charge is -2.24. The molecular weight excluding hydrogens is 336 g/mol. The molecule has 25 heavy (non-hydrogen) atoms. The van der Waals surface area contributed by atoms with Crippen LogP contribution in [-0.4, -0.2) is 47.0 Å². The quantitative estimate of drug-likeness (QED) is 0.299. The number of unbranched alkanes of at least 4 members (excludes halogenated alkanes) is 4. The van der Waals surface area contributed by atoms with E-state index in [1.807, 2.05) is 0 Å². The third-order valence-corrected chi connectivity index (χ3v) is 6.90. The van der Waals surface area contributed by atoms with E-state index in [2.05, 4.69) is 30.8 Å². The Morgan fingerprint density at radius 1 is 1.00 bits per heavy atom. The summed E-state index contributed by atoms with van der Waals surface area (Å²) >= 11 is 2.09. The van der Waals surface area contributed by atoms with E-state index in [0.29, 0.717) is 36.3 Å². The minimum absolute atomic E-state index is 0.260. The van der Waals surface area contributed by atoms with Gasteiger partial charge in [0.2, 0.25) is 0 Å². The second-order valence-corrected chi connectivity index (χ2v) is 8.74. The summed E-state index contributed by atoms with van der Waals surface area (Å²) in [5.74, 6) is 2.95. The number of rotatable bonds is 13. The Bertz CT molecular complexity index is 467. The molecule has 1 N–H and O–H groups in total. The molecule has 0 spiro atoms. The van der Waals surface area contributed by atoms with E-state index < -0.39 is 5.97 Å². The molecule has 3 saturated heterocycles. The molecule has 5 heteroatoms. The summed E-state index contributed by atoms with van der Waals surface area (Å²) in [6.45, 7) is 2.26. The van der Waals surface area contributed by atoms with Crippen LogP contribution in [0, 0.1) is 11.8 Å². The molecule has 0 aliphatic carbocycles. The van der Waals surface area contributed by atoms with Crippen LogP contribution >= 0.6 is 11.8 Å². The van der Waals surface area contributed by atoms with E-state index >= 15 is 0 Å². The molecule has 0 saturated carbocycles. The van der Waals surface area contributed by atoms with Crippen molar-refractivity contribution in [1.29, 1.82) is 0 Å². The summed E-state index contributed by atoms with van der Waals surface area (Å²) in [6.07, 6.45) is 14.0. The van der Waals surface area contributed by atoms with Gasteiger partial charge in [-0.05, 0) is 43.1 Å². The molecule has 0 aromatic rings. The number of carbonyl (C=O) groups is 1. The van der Waals surface area contributed by atoms with Gasteiger partial charge in [-0.15, -0.1) is 0 Å². The molecule has 3 heterocycles. The molecule has 3 aliphatic rings. The van der Waals surface area contributed by atoms with Gasteiger partial charge in [0.1, 0.15) is 12.2 Å². The fourth-order valence-corrected chi connectivity index (χ4v) is 5.58. The predicted octanol–water partition coefficient (Wildman–Crippen LogP) is 4.28. The molecule has 6 atom stereocenters. The maximum absolute atomic E-state index is 10.5. The van der Waals surface area contributed by atoms with E-state index in [9.17, 15) is 4.79 Å². The van der Waals surface area contributed by atoms with E-state index in [1.54, 1.807) is 0 Å². The van der Waals surface area contributed by atoms with Crippen molar-refractivity contribution >= 4 is 17.7 Å². The summed E-state index contributed by atoms with van der Waals surface area (Å²) in [5, 5.41) is 8.68. The highest BCUT2D eigenvalue weighted by Gasteiger charge is 2.68. The first-order valence-corrected chi connectivity index (χ1v) is 11.1. The molecule has 142 valence electrons. The molecule has 3 aliphatic heterocycles. The smallest absolute Gasteiger partial charge is 0.303 e. The van der Waals surface area contributed by atoms with E-state index in [-0.39, 0.29) is 6.42 Å². The largest absolute Gasteiger partial charge is 0.481 e. The van der Waals surface area contributed by atoms with Gasteiger partial charge in [0.05, 0.1) is 12.2 Å². The Hall–Kier alpha value is -0.520. The normalized spacial score (nSPS) is 35.4. The van der Waals surface area contributed by atoms with Gasteiger partial charge in [0, 0.05) is 12.3 Å². The van der Waals surface area contributed by atoms with Crippen LogP contribution in [0.15, 0.2) is 12.2 Å². The van der Waals surface area contributed by atoms with Crippen LogP contribution in [0.3, 0.4) is 0 Å². The molecule has 0 unspecified atom stereocenters. The lowest BCUT2D eigenvalue weighted by molar-refractivity contribution is -0.137. The van der Waals surface area contributed by atoms with Crippen molar-refractivity contribution in [2.75, 3.05) is 11.5 Å². The first-order chi connectivity index (χ1) is 12.2. The second kappa shape index (κ2) is 9.43. The Balaban J connectivity index is 1.39. The maximum Gasteiger partial charge on any atom is 0.303 e. The lowest BCUT2D eigenvalue weighted by atomic mass is 9.78. The Morgan fingerprint density at radius 2 is 1.76 bits per heavy atom. The number of allylic oxidation sites excluding steroid dienone is 2. The highest BCUT2D eigenvalue weighted by molar-refractivity contribution is 7.99. The summed E-state index contributed by atoms with van der Waals surface area (Å²) in [4.78, 5) is 10.5. The molecule has 0 aromatic heterocycles.